The van der Waals surface area contributed by atoms with Crippen LogP contribution in [0.25, 0.3) is 10.4 Å². The SMILES string of the molecule is Cc1ncsc1-c1ccc(CNC(=O)[C@@H]2C[C@@H](O)CN2C(=O)[C@@H](NC(=O)CCCCCCCC(=O)Nc2ccc(C(=O)Nc3ccccc3NC(=O)OC(C)(C)C)cc2)C(C)(C)C)cc1. The third-order valence-corrected chi connectivity index (χ3v) is 11.7. The molecule has 2 heterocycles. The first-order chi connectivity index (χ1) is 30.8. The molecular weight excluding hydrogens is 847 g/mol. The summed E-state index contributed by atoms with van der Waals surface area (Å²) >= 11 is 1.57. The fourth-order valence-electron chi connectivity index (χ4n) is 7.35. The molecule has 16 heteroatoms. The first-order valence-corrected chi connectivity index (χ1v) is 23.0. The third kappa shape index (κ3) is 15.2. The Morgan fingerprint density at radius 1 is 0.800 bits per heavy atom. The first-order valence-electron chi connectivity index (χ1n) is 22.1. The smallest absolute Gasteiger partial charge is 0.412 e. The van der Waals surface area contributed by atoms with E-state index in [-0.39, 0.29) is 43.7 Å². The van der Waals surface area contributed by atoms with Crippen molar-refractivity contribution in [1.29, 1.82) is 0 Å². The van der Waals surface area contributed by atoms with Gasteiger partial charge in [0.15, 0.2) is 0 Å². The zero-order valence-corrected chi connectivity index (χ0v) is 39.2. The standard InChI is InChI=1S/C49H63N7O8S/c1-31-42(65-30-51-31)33-21-19-32(20-22-33)28-50-45(61)39-27-36(57)29-56(39)46(62)43(48(2,3)4)55-41(59)18-12-10-8-9-11-17-40(58)52-35-25-23-34(24-26-35)44(60)53-37-15-13-14-16-38(37)54-47(63)64-49(5,6)7/h13-16,19-26,30,36,39,43,57H,8-12,17-18,27-29H2,1-7H3,(H,50,61)(H,52,58)(H,53,60)(H,54,63)(H,55,59)/t36-,39+,43-/m1/s1. The van der Waals surface area contributed by atoms with Crippen LogP contribution in [0.2, 0.25) is 0 Å². The predicted octanol–water partition coefficient (Wildman–Crippen LogP) is 8.20. The highest BCUT2D eigenvalue weighted by molar-refractivity contribution is 7.13. The Kier molecular flexibility index (Phi) is 17.4. The van der Waals surface area contributed by atoms with Gasteiger partial charge >= 0.3 is 6.09 Å². The number of para-hydroxylation sites is 2. The lowest BCUT2D eigenvalue weighted by molar-refractivity contribution is -0.144. The molecule has 65 heavy (non-hydrogen) atoms. The molecule has 0 saturated carbocycles. The van der Waals surface area contributed by atoms with Gasteiger partial charge in [-0.3, -0.25) is 29.3 Å². The van der Waals surface area contributed by atoms with Crippen LogP contribution >= 0.6 is 11.3 Å². The van der Waals surface area contributed by atoms with Gasteiger partial charge in [0.1, 0.15) is 17.7 Å². The molecule has 6 amide bonds. The van der Waals surface area contributed by atoms with Gasteiger partial charge in [-0.2, -0.15) is 0 Å². The number of aliphatic hydroxyl groups is 1. The number of anilines is 3. The van der Waals surface area contributed by atoms with Crippen molar-refractivity contribution in [2.75, 3.05) is 22.5 Å². The van der Waals surface area contributed by atoms with Gasteiger partial charge in [0.2, 0.25) is 23.6 Å². The minimum Gasteiger partial charge on any atom is -0.444 e. The number of nitrogens with one attached hydrogen (secondary N) is 5. The second-order valence-electron chi connectivity index (χ2n) is 18.5. The first kappa shape index (κ1) is 49.9. The van der Waals surface area contributed by atoms with Gasteiger partial charge in [-0.05, 0) is 93.5 Å². The van der Waals surface area contributed by atoms with Crippen molar-refractivity contribution in [1.82, 2.24) is 20.5 Å². The van der Waals surface area contributed by atoms with Gasteiger partial charge in [0.25, 0.3) is 5.91 Å². The lowest BCUT2D eigenvalue weighted by Crippen LogP contribution is -2.57. The van der Waals surface area contributed by atoms with Crippen LogP contribution < -0.4 is 26.6 Å². The van der Waals surface area contributed by atoms with Crippen LogP contribution in [0.3, 0.4) is 0 Å². The zero-order valence-electron chi connectivity index (χ0n) is 38.4. The highest BCUT2D eigenvalue weighted by Crippen LogP contribution is 2.29. The number of rotatable bonds is 18. The second kappa shape index (κ2) is 22.7. The summed E-state index contributed by atoms with van der Waals surface area (Å²) in [5.74, 6) is -1.57. The van der Waals surface area contributed by atoms with Gasteiger partial charge < -0.3 is 36.0 Å². The number of aliphatic hydroxyl groups excluding tert-OH is 1. The molecule has 0 aliphatic carbocycles. The molecule has 0 spiro atoms. The molecule has 1 aliphatic heterocycles. The molecule has 5 rings (SSSR count). The molecular formula is C49H63N7O8S. The van der Waals surface area contributed by atoms with E-state index >= 15 is 0 Å². The molecule has 4 aromatic rings. The monoisotopic (exact) mass is 909 g/mol. The predicted molar refractivity (Wildman–Crippen MR) is 253 cm³/mol. The zero-order chi connectivity index (χ0) is 47.3. The van der Waals surface area contributed by atoms with E-state index in [0.29, 0.717) is 41.9 Å². The van der Waals surface area contributed by atoms with Gasteiger partial charge in [-0.15, -0.1) is 11.3 Å². The molecule has 3 atom stereocenters. The number of nitrogens with zero attached hydrogens (tertiary/aromatic N) is 2. The van der Waals surface area contributed by atoms with E-state index in [9.17, 15) is 33.9 Å². The second-order valence-corrected chi connectivity index (χ2v) is 19.3. The quantitative estimate of drug-likeness (QED) is 0.0531. The maximum atomic E-state index is 14.0. The number of amides is 6. The lowest BCUT2D eigenvalue weighted by Gasteiger charge is -2.35. The van der Waals surface area contributed by atoms with Crippen LogP contribution in [0.4, 0.5) is 21.9 Å². The fourth-order valence-corrected chi connectivity index (χ4v) is 8.16. The van der Waals surface area contributed by atoms with Crippen LogP contribution in [0.1, 0.15) is 115 Å². The Balaban J connectivity index is 0.994. The Bertz CT molecular complexity index is 2280. The van der Waals surface area contributed by atoms with E-state index in [0.717, 1.165) is 41.0 Å². The minimum atomic E-state index is -0.900. The average Bonchev–Trinajstić information content (AvgIpc) is 3.86. The summed E-state index contributed by atoms with van der Waals surface area (Å²) in [4.78, 5) is 85.3. The Morgan fingerprint density at radius 2 is 1.42 bits per heavy atom. The largest absolute Gasteiger partial charge is 0.444 e. The van der Waals surface area contributed by atoms with Gasteiger partial charge in [-0.1, -0.05) is 76.4 Å². The average molecular weight is 910 g/mol. The summed E-state index contributed by atoms with van der Waals surface area (Å²) in [6.45, 7) is 13.1. The summed E-state index contributed by atoms with van der Waals surface area (Å²) < 4.78 is 5.32. The van der Waals surface area contributed by atoms with E-state index in [1.807, 2.05) is 57.5 Å². The van der Waals surface area contributed by atoms with Gasteiger partial charge in [-0.25, -0.2) is 9.78 Å². The third-order valence-electron chi connectivity index (χ3n) is 10.8. The van der Waals surface area contributed by atoms with Crippen LogP contribution in [0.5, 0.6) is 0 Å². The van der Waals surface area contributed by atoms with E-state index in [4.69, 9.17) is 4.74 Å². The number of likely N-dealkylation sites (tertiary alicyclic amines) is 1. The van der Waals surface area contributed by atoms with Crippen LogP contribution in [-0.2, 0) is 30.5 Å². The maximum absolute atomic E-state index is 14.0. The van der Waals surface area contributed by atoms with E-state index < -0.39 is 47.1 Å². The maximum Gasteiger partial charge on any atom is 0.412 e. The Hall–Kier alpha value is -6.13. The van der Waals surface area contributed by atoms with Crippen molar-refractivity contribution >= 4 is 64.0 Å². The molecule has 0 bridgehead atoms. The number of benzene rings is 3. The summed E-state index contributed by atoms with van der Waals surface area (Å²) in [6, 6.07) is 19.4. The highest BCUT2D eigenvalue weighted by Gasteiger charge is 2.44. The number of thiazole rings is 1. The summed E-state index contributed by atoms with van der Waals surface area (Å²) in [5.41, 5.74) is 5.08. The summed E-state index contributed by atoms with van der Waals surface area (Å²) in [5, 5.41) is 24.7. The number of aromatic nitrogens is 1. The van der Waals surface area contributed by atoms with Crippen molar-refractivity contribution in [3.8, 4) is 10.4 Å². The molecule has 0 radical (unpaired) electrons. The van der Waals surface area contributed by atoms with Crippen molar-refractivity contribution in [2.24, 2.45) is 5.41 Å². The van der Waals surface area contributed by atoms with Crippen LogP contribution in [0, 0.1) is 12.3 Å². The minimum absolute atomic E-state index is 0.000331. The number of hydrogen-bond donors (Lipinski definition) is 6. The number of ether oxygens (including phenoxy) is 1. The van der Waals surface area contributed by atoms with Gasteiger partial charge in [0, 0.05) is 43.6 Å². The van der Waals surface area contributed by atoms with Crippen LogP contribution in [0.15, 0.2) is 78.3 Å². The van der Waals surface area contributed by atoms with E-state index in [2.05, 4.69) is 31.6 Å². The number of β-amino-alcohol motifs (C(OH)–C–C–N with tert-alkyl or cyclic N) is 1. The fraction of sp³-hybridized carbons (Fsp3) is 0.449. The van der Waals surface area contributed by atoms with Crippen molar-refractivity contribution in [3.63, 3.8) is 0 Å². The molecule has 15 nitrogen and oxygen atoms in total. The molecule has 1 aromatic heterocycles. The van der Waals surface area contributed by atoms with Crippen molar-refractivity contribution in [2.45, 2.75) is 130 Å². The summed E-state index contributed by atoms with van der Waals surface area (Å²) in [7, 11) is 0. The molecule has 3 aromatic carbocycles. The van der Waals surface area contributed by atoms with Crippen LogP contribution in [-0.4, -0.2) is 81.0 Å². The topological polar surface area (TPSA) is 208 Å². The molecule has 0 unspecified atom stereocenters. The Labute approximate surface area is 385 Å². The van der Waals surface area contributed by atoms with E-state index in [1.165, 1.54) is 4.90 Å². The number of carbonyl (C=O) groups is 6. The Morgan fingerprint density at radius 3 is 2.02 bits per heavy atom. The number of hydrogen-bond acceptors (Lipinski definition) is 10. The number of unbranched alkanes of at least 4 members (excludes halogenated alkanes) is 4. The van der Waals surface area contributed by atoms with E-state index in [1.54, 1.807) is 80.6 Å². The number of aryl methyl sites for hydroxylation is 1. The van der Waals surface area contributed by atoms with Crippen molar-refractivity contribution < 1.29 is 38.6 Å². The molecule has 1 aliphatic rings. The van der Waals surface area contributed by atoms with Crippen molar-refractivity contribution in [3.05, 3.63) is 95.1 Å². The molecule has 348 valence electrons. The molecule has 1 fully saturated rings. The lowest BCUT2D eigenvalue weighted by atomic mass is 9.85. The normalized spacial score (nSPS) is 15.4. The molecule has 6 N–H and O–H groups in total. The highest BCUT2D eigenvalue weighted by atomic mass is 32.1. The number of carbonyl (C=O) groups excluding carboxylic acids is 6. The summed E-state index contributed by atoms with van der Waals surface area (Å²) in [6.07, 6.45) is 2.78. The van der Waals surface area contributed by atoms with Gasteiger partial charge in [0.05, 0.1) is 33.6 Å². The molecule has 1 saturated heterocycles.